The first-order valence-corrected chi connectivity index (χ1v) is 6.62. The van der Waals surface area contributed by atoms with E-state index >= 15 is 0 Å². The zero-order valence-corrected chi connectivity index (χ0v) is 10.3. The van der Waals surface area contributed by atoms with Gasteiger partial charge >= 0.3 is 0 Å². The molecule has 1 aromatic heterocycles. The van der Waals surface area contributed by atoms with Crippen LogP contribution in [0.3, 0.4) is 0 Å². The molecule has 0 spiro atoms. The van der Waals surface area contributed by atoms with E-state index in [1.165, 1.54) is 12.3 Å². The summed E-state index contributed by atoms with van der Waals surface area (Å²) >= 11 is 0. The maximum absolute atomic E-state index is 11.8. The summed E-state index contributed by atoms with van der Waals surface area (Å²) in [5.74, 6) is 0.448. The van der Waals surface area contributed by atoms with Crippen LogP contribution < -0.4 is 10.5 Å². The molecule has 6 heteroatoms. The normalized spacial score (nSPS) is 11.9. The molecule has 0 aliphatic carbocycles. The zero-order valence-electron chi connectivity index (χ0n) is 9.47. The lowest BCUT2D eigenvalue weighted by Crippen LogP contribution is -2.27. The number of sulfonamides is 1. The molecular weight excluding hydrogens is 226 g/mol. The summed E-state index contributed by atoms with van der Waals surface area (Å²) in [5, 5.41) is -0.0984. The van der Waals surface area contributed by atoms with Gasteiger partial charge in [0.25, 0.3) is 10.0 Å². The van der Waals surface area contributed by atoms with Gasteiger partial charge in [-0.25, -0.2) is 18.1 Å². The summed E-state index contributed by atoms with van der Waals surface area (Å²) in [6.07, 6.45) is 2.19. The van der Waals surface area contributed by atoms with E-state index in [1.54, 1.807) is 6.07 Å². The number of nitrogens with two attached hydrogens (primary N) is 1. The molecule has 1 aromatic rings. The molecule has 1 rings (SSSR count). The van der Waals surface area contributed by atoms with Gasteiger partial charge in [-0.15, -0.1) is 0 Å². The summed E-state index contributed by atoms with van der Waals surface area (Å²) in [4.78, 5) is 3.77. The Labute approximate surface area is 96.1 Å². The van der Waals surface area contributed by atoms with Gasteiger partial charge < -0.3 is 5.73 Å². The van der Waals surface area contributed by atoms with Gasteiger partial charge in [-0.2, -0.15) is 0 Å². The van der Waals surface area contributed by atoms with Crippen molar-refractivity contribution >= 4 is 15.7 Å². The van der Waals surface area contributed by atoms with E-state index < -0.39 is 10.0 Å². The predicted octanol–water partition coefficient (Wildman–Crippen LogP) is 0.988. The molecule has 0 aromatic carbocycles. The van der Waals surface area contributed by atoms with E-state index in [4.69, 9.17) is 5.73 Å². The second kappa shape index (κ2) is 5.27. The quantitative estimate of drug-likeness (QED) is 0.807. The molecule has 0 aliphatic rings. The highest BCUT2D eigenvalue weighted by atomic mass is 32.2. The topological polar surface area (TPSA) is 85.1 Å². The van der Waals surface area contributed by atoms with E-state index in [-0.39, 0.29) is 10.7 Å². The maximum Gasteiger partial charge on any atom is 0.260 e. The fourth-order valence-corrected chi connectivity index (χ4v) is 2.28. The number of rotatable bonds is 5. The molecule has 16 heavy (non-hydrogen) atoms. The molecule has 90 valence electrons. The first-order chi connectivity index (χ1) is 7.43. The third-order valence-corrected chi connectivity index (χ3v) is 3.50. The monoisotopic (exact) mass is 243 g/mol. The molecule has 0 aliphatic heterocycles. The minimum absolute atomic E-state index is 0.0984. The number of nitrogens with one attached hydrogen (secondary N) is 1. The Kier molecular flexibility index (Phi) is 4.26. The fourth-order valence-electron chi connectivity index (χ4n) is 1.18. The van der Waals surface area contributed by atoms with Crippen LogP contribution in [0.1, 0.15) is 20.3 Å². The van der Waals surface area contributed by atoms with Gasteiger partial charge in [-0.05, 0) is 24.5 Å². The molecule has 5 nitrogen and oxygen atoms in total. The molecule has 0 radical (unpaired) electrons. The van der Waals surface area contributed by atoms with E-state index in [9.17, 15) is 8.42 Å². The van der Waals surface area contributed by atoms with Crippen molar-refractivity contribution in [3.8, 4) is 0 Å². The van der Waals surface area contributed by atoms with Crippen molar-refractivity contribution in [2.75, 3.05) is 12.3 Å². The average molecular weight is 243 g/mol. The van der Waals surface area contributed by atoms with Crippen LogP contribution in [0.25, 0.3) is 0 Å². The minimum Gasteiger partial charge on any atom is -0.396 e. The zero-order chi connectivity index (χ0) is 12.2. The maximum atomic E-state index is 11.8. The van der Waals surface area contributed by atoms with Crippen LogP contribution in [-0.4, -0.2) is 19.9 Å². The number of aromatic nitrogens is 1. The Balaban J connectivity index is 2.75. The largest absolute Gasteiger partial charge is 0.396 e. The summed E-state index contributed by atoms with van der Waals surface area (Å²) in [6, 6.07) is 3.12. The van der Waals surface area contributed by atoms with Gasteiger partial charge in [-0.3, -0.25) is 0 Å². The average Bonchev–Trinajstić information content (AvgIpc) is 2.17. The molecule has 0 fully saturated rings. The van der Waals surface area contributed by atoms with Crippen molar-refractivity contribution in [3.05, 3.63) is 18.3 Å². The molecule has 0 amide bonds. The van der Waals surface area contributed by atoms with Crippen molar-refractivity contribution in [1.29, 1.82) is 0 Å². The molecule has 0 saturated carbocycles. The van der Waals surface area contributed by atoms with Gasteiger partial charge in [-0.1, -0.05) is 13.8 Å². The van der Waals surface area contributed by atoms with Crippen LogP contribution in [0.2, 0.25) is 0 Å². The van der Waals surface area contributed by atoms with Crippen LogP contribution in [0, 0.1) is 5.92 Å². The molecule has 0 saturated heterocycles. The van der Waals surface area contributed by atoms with Gasteiger partial charge in [0.2, 0.25) is 0 Å². The first-order valence-electron chi connectivity index (χ1n) is 5.13. The number of pyridine rings is 1. The van der Waals surface area contributed by atoms with E-state index in [0.717, 1.165) is 6.42 Å². The van der Waals surface area contributed by atoms with Crippen LogP contribution in [0.5, 0.6) is 0 Å². The second-order valence-corrected chi connectivity index (χ2v) is 5.66. The third kappa shape index (κ3) is 3.46. The summed E-state index contributed by atoms with van der Waals surface area (Å²) in [5.41, 5.74) is 5.72. The number of nitrogens with zero attached hydrogens (tertiary/aromatic N) is 1. The SMILES string of the molecule is CC(C)CCNS(=O)(=O)c1ncccc1N. The van der Waals surface area contributed by atoms with Gasteiger partial charge in [0, 0.05) is 12.7 Å². The smallest absolute Gasteiger partial charge is 0.260 e. The van der Waals surface area contributed by atoms with Crippen molar-refractivity contribution < 1.29 is 8.42 Å². The van der Waals surface area contributed by atoms with Crippen molar-refractivity contribution in [3.63, 3.8) is 0 Å². The summed E-state index contributed by atoms with van der Waals surface area (Å²) in [6.45, 7) is 4.46. The molecular formula is C10H17N3O2S. The molecule has 0 atom stereocenters. The highest BCUT2D eigenvalue weighted by Gasteiger charge is 2.17. The Hall–Kier alpha value is -1.14. The van der Waals surface area contributed by atoms with Gasteiger partial charge in [0.05, 0.1) is 5.69 Å². The number of anilines is 1. The van der Waals surface area contributed by atoms with Crippen LogP contribution >= 0.6 is 0 Å². The minimum atomic E-state index is -3.57. The number of nitrogen functional groups attached to an aromatic ring is 1. The Morgan fingerprint density at radius 2 is 2.19 bits per heavy atom. The highest BCUT2D eigenvalue weighted by molar-refractivity contribution is 7.89. The van der Waals surface area contributed by atoms with Crippen molar-refractivity contribution in [1.82, 2.24) is 9.71 Å². The Bertz CT molecular complexity index is 443. The van der Waals surface area contributed by atoms with E-state index in [0.29, 0.717) is 12.5 Å². The third-order valence-electron chi connectivity index (χ3n) is 2.07. The van der Waals surface area contributed by atoms with Gasteiger partial charge in [0.15, 0.2) is 5.03 Å². The summed E-state index contributed by atoms with van der Waals surface area (Å²) in [7, 11) is -3.57. The second-order valence-electron chi connectivity index (χ2n) is 3.98. The number of hydrogen-bond donors (Lipinski definition) is 2. The van der Waals surface area contributed by atoms with Crippen molar-refractivity contribution in [2.24, 2.45) is 5.92 Å². The van der Waals surface area contributed by atoms with Crippen LogP contribution in [0.4, 0.5) is 5.69 Å². The first kappa shape index (κ1) is 12.9. The lowest BCUT2D eigenvalue weighted by molar-refractivity contribution is 0.549. The standard InChI is InChI=1S/C10H17N3O2S/c1-8(2)5-7-13-16(14,15)10-9(11)4-3-6-12-10/h3-4,6,8,13H,5,7,11H2,1-2H3. The fraction of sp³-hybridized carbons (Fsp3) is 0.500. The van der Waals surface area contributed by atoms with Crippen LogP contribution in [-0.2, 0) is 10.0 Å². The molecule has 0 bridgehead atoms. The molecule has 3 N–H and O–H groups in total. The Morgan fingerprint density at radius 3 is 2.75 bits per heavy atom. The lowest BCUT2D eigenvalue weighted by Gasteiger charge is -2.08. The molecule has 1 heterocycles. The van der Waals surface area contributed by atoms with E-state index in [2.05, 4.69) is 9.71 Å². The van der Waals surface area contributed by atoms with Gasteiger partial charge in [0.1, 0.15) is 0 Å². The van der Waals surface area contributed by atoms with E-state index in [1.807, 2.05) is 13.8 Å². The lowest BCUT2D eigenvalue weighted by atomic mass is 10.1. The molecule has 0 unspecified atom stereocenters. The Morgan fingerprint density at radius 1 is 1.50 bits per heavy atom. The van der Waals surface area contributed by atoms with Crippen LogP contribution in [0.15, 0.2) is 23.4 Å². The predicted molar refractivity (Wildman–Crippen MR) is 63.3 cm³/mol. The highest BCUT2D eigenvalue weighted by Crippen LogP contribution is 2.13. The summed E-state index contributed by atoms with van der Waals surface area (Å²) < 4.78 is 26.0. The number of hydrogen-bond acceptors (Lipinski definition) is 4. The van der Waals surface area contributed by atoms with Crippen molar-refractivity contribution in [2.45, 2.75) is 25.3 Å².